The second-order valence-corrected chi connectivity index (χ2v) is 8.50. The van der Waals surface area contributed by atoms with Crippen LogP contribution in [0.25, 0.3) is 5.65 Å². The van der Waals surface area contributed by atoms with Gasteiger partial charge in [0.2, 0.25) is 0 Å². The lowest BCUT2D eigenvalue weighted by Crippen LogP contribution is -2.44. The summed E-state index contributed by atoms with van der Waals surface area (Å²) < 4.78 is 3.22. The van der Waals surface area contributed by atoms with Gasteiger partial charge in [-0.15, -0.1) is 0 Å². The first-order chi connectivity index (χ1) is 14.1. The summed E-state index contributed by atoms with van der Waals surface area (Å²) in [4.78, 5) is 31.6. The summed E-state index contributed by atoms with van der Waals surface area (Å²) in [7, 11) is 0. The molecule has 2 unspecified atom stereocenters. The number of Topliss-reactive ketones (excluding diaryl/α,β-unsaturated/α-hetero) is 1. The molecule has 5 heterocycles. The molecular weight excluding hydrogens is 366 g/mol. The zero-order chi connectivity index (χ0) is 20.0. The van der Waals surface area contributed by atoms with Crippen molar-refractivity contribution in [3.63, 3.8) is 0 Å². The Morgan fingerprint density at radius 2 is 1.93 bits per heavy atom. The molecule has 0 radical (unpaired) electrons. The van der Waals surface area contributed by atoms with Crippen LogP contribution in [0.3, 0.4) is 0 Å². The molecule has 2 fully saturated rings. The third kappa shape index (κ3) is 3.45. The lowest BCUT2D eigenvalue weighted by Gasteiger charge is -2.38. The van der Waals surface area contributed by atoms with E-state index in [-0.39, 0.29) is 24.3 Å². The Kier molecular flexibility index (Phi) is 4.45. The van der Waals surface area contributed by atoms with Crippen LogP contribution in [-0.4, -0.2) is 37.0 Å². The van der Waals surface area contributed by atoms with E-state index in [1.54, 1.807) is 12.3 Å². The second-order valence-electron chi connectivity index (χ2n) is 8.50. The molecule has 3 aromatic heterocycles. The molecule has 150 valence electrons. The number of rotatable bonds is 5. The summed E-state index contributed by atoms with van der Waals surface area (Å²) in [6, 6.07) is 8.17. The van der Waals surface area contributed by atoms with E-state index in [2.05, 4.69) is 21.9 Å². The number of pyridine rings is 1. The van der Waals surface area contributed by atoms with Gasteiger partial charge in [-0.2, -0.15) is 5.10 Å². The molecule has 0 N–H and O–H groups in total. The molecule has 2 bridgehead atoms. The van der Waals surface area contributed by atoms with E-state index in [0.29, 0.717) is 12.1 Å². The zero-order valence-corrected chi connectivity index (χ0v) is 16.6. The number of carbonyl (C=O) groups excluding carboxylic acids is 1. The highest BCUT2D eigenvalue weighted by molar-refractivity contribution is 5.80. The summed E-state index contributed by atoms with van der Waals surface area (Å²) in [5.74, 6) is 1.53. The quantitative estimate of drug-likeness (QED) is 0.668. The molecule has 7 heteroatoms. The lowest BCUT2D eigenvalue weighted by atomic mass is 9.92. The highest BCUT2D eigenvalue weighted by Crippen LogP contribution is 2.40. The van der Waals surface area contributed by atoms with Crippen molar-refractivity contribution in [2.45, 2.75) is 57.7 Å². The van der Waals surface area contributed by atoms with Crippen molar-refractivity contribution in [1.82, 2.24) is 19.2 Å². The summed E-state index contributed by atoms with van der Waals surface area (Å²) in [5.41, 5.74) is 1.46. The van der Waals surface area contributed by atoms with Crippen LogP contribution in [0.1, 0.15) is 38.2 Å². The minimum absolute atomic E-state index is 0.00807. The van der Waals surface area contributed by atoms with Gasteiger partial charge >= 0.3 is 0 Å². The average Bonchev–Trinajstić information content (AvgIpc) is 3.25. The molecule has 5 rings (SSSR count). The normalized spacial score (nSPS) is 23.6. The van der Waals surface area contributed by atoms with Crippen LogP contribution in [0, 0.1) is 5.92 Å². The van der Waals surface area contributed by atoms with E-state index in [1.165, 1.54) is 30.4 Å². The van der Waals surface area contributed by atoms with Crippen molar-refractivity contribution in [1.29, 1.82) is 0 Å². The van der Waals surface area contributed by atoms with Gasteiger partial charge in [0.05, 0.1) is 0 Å². The average molecular weight is 391 g/mol. The maximum absolute atomic E-state index is 12.6. The predicted octanol–water partition coefficient (Wildman–Crippen LogP) is 2.47. The largest absolute Gasteiger partial charge is 0.349 e. The Labute approximate surface area is 169 Å². The van der Waals surface area contributed by atoms with Gasteiger partial charge in [0.15, 0.2) is 5.78 Å². The fourth-order valence-corrected chi connectivity index (χ4v) is 5.03. The van der Waals surface area contributed by atoms with Gasteiger partial charge in [0.25, 0.3) is 5.56 Å². The SMILES string of the molecule is CC1CC2CCC(C1)N2c1ccc(=O)n(CC(=O)Cc2ccn3ccnc3c2)n1. The molecule has 3 aromatic rings. The number of anilines is 1. The Bertz CT molecular complexity index is 1100. The molecule has 2 aliphatic heterocycles. The molecule has 29 heavy (non-hydrogen) atoms. The monoisotopic (exact) mass is 391 g/mol. The number of piperidine rings is 1. The molecule has 2 atom stereocenters. The van der Waals surface area contributed by atoms with Crippen molar-refractivity contribution in [3.8, 4) is 0 Å². The van der Waals surface area contributed by atoms with E-state index in [1.807, 2.05) is 35.0 Å². The second kappa shape index (κ2) is 7.13. The highest BCUT2D eigenvalue weighted by Gasteiger charge is 2.40. The Balaban J connectivity index is 1.34. The number of nitrogens with zero attached hydrogens (tertiary/aromatic N) is 5. The molecule has 0 aromatic carbocycles. The first-order valence-electron chi connectivity index (χ1n) is 10.4. The van der Waals surface area contributed by atoms with Crippen molar-refractivity contribution < 1.29 is 4.79 Å². The van der Waals surface area contributed by atoms with E-state index in [9.17, 15) is 9.59 Å². The predicted molar refractivity (Wildman–Crippen MR) is 110 cm³/mol. The smallest absolute Gasteiger partial charge is 0.267 e. The van der Waals surface area contributed by atoms with Gasteiger partial charge < -0.3 is 9.30 Å². The first-order valence-corrected chi connectivity index (χ1v) is 10.4. The molecule has 0 spiro atoms. The van der Waals surface area contributed by atoms with Gasteiger partial charge in [-0.05, 0) is 55.4 Å². The molecule has 2 aliphatic rings. The Hall–Kier alpha value is -2.96. The van der Waals surface area contributed by atoms with Gasteiger partial charge in [-0.25, -0.2) is 9.67 Å². The highest BCUT2D eigenvalue weighted by atomic mass is 16.1. The van der Waals surface area contributed by atoms with Crippen molar-refractivity contribution >= 4 is 17.2 Å². The van der Waals surface area contributed by atoms with E-state index < -0.39 is 0 Å². The summed E-state index contributed by atoms with van der Waals surface area (Å²) in [6.45, 7) is 2.31. The maximum atomic E-state index is 12.6. The van der Waals surface area contributed by atoms with E-state index in [0.717, 1.165) is 22.9 Å². The summed E-state index contributed by atoms with van der Waals surface area (Å²) in [5, 5.41) is 4.58. The maximum Gasteiger partial charge on any atom is 0.267 e. The Morgan fingerprint density at radius 3 is 2.72 bits per heavy atom. The number of hydrogen-bond acceptors (Lipinski definition) is 5. The van der Waals surface area contributed by atoms with Gasteiger partial charge in [-0.3, -0.25) is 9.59 Å². The number of imidazole rings is 1. The fraction of sp³-hybridized carbons (Fsp3) is 0.455. The topological polar surface area (TPSA) is 72.5 Å². The number of ketones is 1. The van der Waals surface area contributed by atoms with Crippen molar-refractivity contribution in [2.75, 3.05) is 4.90 Å². The first kappa shape index (κ1) is 18.1. The molecule has 0 aliphatic carbocycles. The van der Waals surface area contributed by atoms with Crippen LogP contribution in [-0.2, 0) is 17.8 Å². The molecule has 0 amide bonds. The van der Waals surface area contributed by atoms with Gasteiger partial charge in [0.1, 0.15) is 18.0 Å². The van der Waals surface area contributed by atoms with Crippen LogP contribution in [0.5, 0.6) is 0 Å². The summed E-state index contributed by atoms with van der Waals surface area (Å²) in [6.07, 6.45) is 10.5. The standard InChI is InChI=1S/C22H25N5O2/c1-15-10-17-2-3-18(11-15)27(17)20-4-5-22(29)26(24-20)14-19(28)12-16-6-8-25-9-7-23-21(25)13-16/h4-9,13,15,17-18H,2-3,10-12,14H2,1H3. The number of aromatic nitrogens is 4. The van der Waals surface area contributed by atoms with Crippen LogP contribution >= 0.6 is 0 Å². The molecule has 7 nitrogen and oxygen atoms in total. The fourth-order valence-electron chi connectivity index (χ4n) is 5.03. The number of fused-ring (bicyclic) bond motifs is 3. The van der Waals surface area contributed by atoms with E-state index >= 15 is 0 Å². The van der Waals surface area contributed by atoms with Crippen molar-refractivity contribution in [2.24, 2.45) is 5.92 Å². The Morgan fingerprint density at radius 1 is 1.14 bits per heavy atom. The zero-order valence-electron chi connectivity index (χ0n) is 16.6. The van der Waals surface area contributed by atoms with Crippen LogP contribution in [0.4, 0.5) is 5.82 Å². The minimum Gasteiger partial charge on any atom is -0.349 e. The summed E-state index contributed by atoms with van der Waals surface area (Å²) >= 11 is 0. The van der Waals surface area contributed by atoms with Crippen LogP contribution in [0.15, 0.2) is 47.7 Å². The van der Waals surface area contributed by atoms with Crippen LogP contribution in [0.2, 0.25) is 0 Å². The molecular formula is C22H25N5O2. The lowest BCUT2D eigenvalue weighted by molar-refractivity contribution is -0.119. The van der Waals surface area contributed by atoms with Crippen LogP contribution < -0.4 is 10.5 Å². The van der Waals surface area contributed by atoms with Gasteiger partial charge in [-0.1, -0.05) is 6.92 Å². The third-order valence-electron chi connectivity index (χ3n) is 6.28. The molecule has 0 saturated carbocycles. The van der Waals surface area contributed by atoms with Crippen molar-refractivity contribution in [3.05, 3.63) is 58.8 Å². The number of carbonyl (C=O) groups is 1. The minimum atomic E-state index is -0.233. The third-order valence-corrected chi connectivity index (χ3v) is 6.28. The van der Waals surface area contributed by atoms with Gasteiger partial charge in [0, 0.05) is 43.2 Å². The number of hydrogen-bond donors (Lipinski definition) is 0. The molecule has 2 saturated heterocycles. The van der Waals surface area contributed by atoms with E-state index in [4.69, 9.17) is 0 Å².